The Labute approximate surface area is 97.3 Å². The summed E-state index contributed by atoms with van der Waals surface area (Å²) in [6.45, 7) is 4.33. The van der Waals surface area contributed by atoms with E-state index in [1.54, 1.807) is 4.90 Å². The molecule has 2 N–H and O–H groups in total. The lowest BCUT2D eigenvalue weighted by Gasteiger charge is -2.28. The molecule has 1 rings (SSSR count). The second-order valence-corrected chi connectivity index (χ2v) is 6.73. The van der Waals surface area contributed by atoms with Crippen molar-refractivity contribution in [1.82, 2.24) is 4.90 Å². The van der Waals surface area contributed by atoms with Crippen molar-refractivity contribution in [2.45, 2.75) is 36.2 Å². The fourth-order valence-electron chi connectivity index (χ4n) is 1.65. The number of halogens is 1. The van der Waals surface area contributed by atoms with Crippen LogP contribution in [0, 0.1) is 0 Å². The molecule has 0 bridgehead atoms. The van der Waals surface area contributed by atoms with E-state index in [1.165, 1.54) is 0 Å². The highest BCUT2D eigenvalue weighted by Gasteiger charge is 2.38. The van der Waals surface area contributed by atoms with Crippen LogP contribution in [0.5, 0.6) is 0 Å². The van der Waals surface area contributed by atoms with Crippen LogP contribution in [0.25, 0.3) is 0 Å². The summed E-state index contributed by atoms with van der Waals surface area (Å²) >= 11 is 2.08. The Morgan fingerprint density at radius 3 is 2.50 bits per heavy atom. The maximum Gasteiger partial charge on any atom is 0.240 e. The van der Waals surface area contributed by atoms with Crippen LogP contribution >= 0.6 is 22.6 Å². The molecule has 0 aliphatic carbocycles. The second-order valence-electron chi connectivity index (χ2n) is 4.03. The van der Waals surface area contributed by atoms with Crippen molar-refractivity contribution in [2.75, 3.05) is 6.54 Å². The largest absolute Gasteiger partial charge is 0.368 e. The molecule has 4 nitrogen and oxygen atoms in total. The van der Waals surface area contributed by atoms with E-state index in [1.807, 2.05) is 13.8 Å². The quantitative estimate of drug-likeness (QED) is 0.602. The first-order chi connectivity index (χ1) is 6.34. The van der Waals surface area contributed by atoms with Crippen molar-refractivity contribution in [1.29, 1.82) is 0 Å². The summed E-state index contributed by atoms with van der Waals surface area (Å²) in [5.41, 5.74) is 5.23. The summed E-state index contributed by atoms with van der Waals surface area (Å²) in [5, 5.41) is 0. The number of nitrogens with two attached hydrogens (primary N) is 1. The van der Waals surface area contributed by atoms with Gasteiger partial charge in [0.2, 0.25) is 11.8 Å². The second kappa shape index (κ2) is 4.04. The molecule has 0 aromatic carbocycles. The number of alkyl halides is 1. The minimum atomic E-state index is -0.462. The third-order valence-electron chi connectivity index (χ3n) is 2.35. The highest BCUT2D eigenvalue weighted by molar-refractivity contribution is 14.1. The van der Waals surface area contributed by atoms with Gasteiger partial charge in [0, 0.05) is 6.54 Å². The van der Waals surface area contributed by atoms with Crippen LogP contribution in [0.15, 0.2) is 0 Å². The summed E-state index contributed by atoms with van der Waals surface area (Å²) in [7, 11) is 0. The lowest BCUT2D eigenvalue weighted by atomic mass is 10.1. The molecular weight excluding hydrogens is 295 g/mol. The Bertz CT molecular complexity index is 260. The molecule has 1 aliphatic heterocycles. The maximum absolute atomic E-state index is 11.9. The Kier molecular flexibility index (Phi) is 3.39. The predicted molar refractivity (Wildman–Crippen MR) is 62.0 cm³/mol. The Hall–Kier alpha value is -0.330. The molecule has 0 saturated carbocycles. The molecule has 1 unspecified atom stereocenters. The minimum absolute atomic E-state index is 0.000556. The summed E-state index contributed by atoms with van der Waals surface area (Å²) in [6.07, 6.45) is 1.57. The number of hydrogen-bond acceptors (Lipinski definition) is 2. The molecular formula is C9H15IN2O2. The fourth-order valence-corrected chi connectivity index (χ4v) is 1.96. The SMILES string of the molecule is CC(C)(I)C(=O)N1CCCC1C(N)=O. The molecule has 0 radical (unpaired) electrons. The van der Waals surface area contributed by atoms with Gasteiger partial charge in [0.1, 0.15) is 6.04 Å². The number of rotatable bonds is 2. The molecule has 0 spiro atoms. The van der Waals surface area contributed by atoms with E-state index >= 15 is 0 Å². The standard InChI is InChI=1S/C9H15IN2O2/c1-9(2,10)8(14)12-5-3-4-6(12)7(11)13/h6H,3-5H2,1-2H3,(H2,11,13). The molecule has 14 heavy (non-hydrogen) atoms. The number of carbonyl (C=O) groups excluding carboxylic acids is 2. The van der Waals surface area contributed by atoms with Crippen LogP contribution in [0.2, 0.25) is 0 Å². The highest BCUT2D eigenvalue weighted by atomic mass is 127. The van der Waals surface area contributed by atoms with Crippen molar-refractivity contribution in [3.05, 3.63) is 0 Å². The molecule has 2 amide bonds. The highest BCUT2D eigenvalue weighted by Crippen LogP contribution is 2.26. The lowest BCUT2D eigenvalue weighted by Crippen LogP contribution is -2.49. The van der Waals surface area contributed by atoms with E-state index in [9.17, 15) is 9.59 Å². The van der Waals surface area contributed by atoms with Gasteiger partial charge in [0.25, 0.3) is 0 Å². The first-order valence-electron chi connectivity index (χ1n) is 4.63. The van der Waals surface area contributed by atoms with Crippen molar-refractivity contribution < 1.29 is 9.59 Å². The van der Waals surface area contributed by atoms with Gasteiger partial charge >= 0.3 is 0 Å². The van der Waals surface area contributed by atoms with E-state index in [0.717, 1.165) is 6.42 Å². The molecule has 1 saturated heterocycles. The van der Waals surface area contributed by atoms with Gasteiger partial charge in [-0.15, -0.1) is 0 Å². The van der Waals surface area contributed by atoms with E-state index < -0.39 is 15.4 Å². The summed E-state index contributed by atoms with van der Waals surface area (Å²) < 4.78 is -0.462. The molecule has 1 atom stereocenters. The molecule has 1 fully saturated rings. The summed E-state index contributed by atoms with van der Waals surface area (Å²) in [5.74, 6) is -0.393. The zero-order chi connectivity index (χ0) is 10.9. The van der Waals surface area contributed by atoms with Gasteiger partial charge in [-0.3, -0.25) is 9.59 Å². The Balaban J connectivity index is 2.77. The average molecular weight is 310 g/mol. The van der Waals surface area contributed by atoms with Crippen LogP contribution < -0.4 is 5.73 Å². The number of likely N-dealkylation sites (tertiary alicyclic amines) is 1. The number of carbonyl (C=O) groups is 2. The smallest absolute Gasteiger partial charge is 0.240 e. The van der Waals surface area contributed by atoms with Crippen molar-refractivity contribution in [3.8, 4) is 0 Å². The van der Waals surface area contributed by atoms with E-state index in [2.05, 4.69) is 22.6 Å². The van der Waals surface area contributed by atoms with Crippen LogP contribution in [-0.4, -0.2) is 32.7 Å². The normalized spacial score (nSPS) is 22.5. The van der Waals surface area contributed by atoms with E-state index in [4.69, 9.17) is 5.73 Å². The maximum atomic E-state index is 11.9. The van der Waals surface area contributed by atoms with Crippen LogP contribution in [0.4, 0.5) is 0 Å². The number of primary amides is 1. The fraction of sp³-hybridized carbons (Fsp3) is 0.778. The predicted octanol–water partition coefficient (Wildman–Crippen LogP) is 0.676. The molecule has 1 aliphatic rings. The Morgan fingerprint density at radius 2 is 2.07 bits per heavy atom. The monoisotopic (exact) mass is 310 g/mol. The van der Waals surface area contributed by atoms with Gasteiger partial charge in [0.05, 0.1) is 3.42 Å². The van der Waals surface area contributed by atoms with Crippen LogP contribution in [0.1, 0.15) is 26.7 Å². The molecule has 0 aromatic heterocycles. The third-order valence-corrected chi connectivity index (χ3v) is 2.81. The van der Waals surface area contributed by atoms with Gasteiger partial charge in [-0.1, -0.05) is 22.6 Å². The minimum Gasteiger partial charge on any atom is -0.368 e. The lowest BCUT2D eigenvalue weighted by molar-refractivity contribution is -0.138. The topological polar surface area (TPSA) is 63.4 Å². The van der Waals surface area contributed by atoms with Gasteiger partial charge in [-0.2, -0.15) is 0 Å². The molecule has 5 heteroatoms. The van der Waals surface area contributed by atoms with Crippen LogP contribution in [-0.2, 0) is 9.59 Å². The van der Waals surface area contributed by atoms with Gasteiger partial charge in [-0.25, -0.2) is 0 Å². The Morgan fingerprint density at radius 1 is 1.50 bits per heavy atom. The number of amides is 2. The van der Waals surface area contributed by atoms with Crippen molar-refractivity contribution in [3.63, 3.8) is 0 Å². The van der Waals surface area contributed by atoms with Gasteiger partial charge < -0.3 is 10.6 Å². The number of nitrogens with zero attached hydrogens (tertiary/aromatic N) is 1. The molecule has 80 valence electrons. The molecule has 0 aromatic rings. The van der Waals surface area contributed by atoms with Crippen molar-refractivity contribution in [2.24, 2.45) is 5.73 Å². The third kappa shape index (κ3) is 2.37. The van der Waals surface area contributed by atoms with Gasteiger partial charge in [0.15, 0.2) is 0 Å². The average Bonchev–Trinajstić information content (AvgIpc) is 2.48. The molecule has 1 heterocycles. The zero-order valence-electron chi connectivity index (χ0n) is 8.42. The van der Waals surface area contributed by atoms with Crippen LogP contribution in [0.3, 0.4) is 0 Å². The summed E-state index contributed by atoms with van der Waals surface area (Å²) in [6, 6.07) is -0.392. The van der Waals surface area contributed by atoms with Crippen molar-refractivity contribution >= 4 is 34.4 Å². The van der Waals surface area contributed by atoms with Gasteiger partial charge in [-0.05, 0) is 26.7 Å². The van der Waals surface area contributed by atoms with E-state index in [-0.39, 0.29) is 5.91 Å². The zero-order valence-corrected chi connectivity index (χ0v) is 10.6. The number of hydrogen-bond donors (Lipinski definition) is 1. The summed E-state index contributed by atoms with van der Waals surface area (Å²) in [4.78, 5) is 24.6. The first kappa shape index (κ1) is 11.7. The van der Waals surface area contributed by atoms with E-state index in [0.29, 0.717) is 13.0 Å². The first-order valence-corrected chi connectivity index (χ1v) is 5.71.